The van der Waals surface area contributed by atoms with E-state index in [-0.39, 0.29) is 0 Å². The van der Waals surface area contributed by atoms with Crippen LogP contribution in [0.2, 0.25) is 6.04 Å². The molecule has 8 heteroatoms. The lowest BCUT2D eigenvalue weighted by Crippen LogP contribution is -2.44. The molecule has 0 fully saturated rings. The van der Waals surface area contributed by atoms with Gasteiger partial charge in [0.1, 0.15) is 0 Å². The van der Waals surface area contributed by atoms with Crippen LogP contribution in [0.25, 0.3) is 0 Å². The Morgan fingerprint density at radius 3 is 2.06 bits per heavy atom. The molecule has 0 aromatic carbocycles. The van der Waals surface area contributed by atoms with Gasteiger partial charge in [0.15, 0.2) is 0 Å². The van der Waals surface area contributed by atoms with Crippen LogP contribution in [0.4, 0.5) is 4.79 Å². The van der Waals surface area contributed by atoms with E-state index < -0.39 is 14.8 Å². The van der Waals surface area contributed by atoms with Crippen LogP contribution in [0.5, 0.6) is 0 Å². The van der Waals surface area contributed by atoms with Gasteiger partial charge in [-0.3, -0.25) is 0 Å². The summed E-state index contributed by atoms with van der Waals surface area (Å²) in [5.74, 6) is 0. The van der Waals surface area contributed by atoms with Crippen molar-refractivity contribution in [2.75, 3.05) is 41.0 Å². The maximum Gasteiger partial charge on any atom is 0.500 e. The second kappa shape index (κ2) is 8.42. The third-order valence-corrected chi connectivity index (χ3v) is 5.39. The molecule has 2 amide bonds. The molecule has 0 rings (SSSR count). The summed E-state index contributed by atoms with van der Waals surface area (Å²) < 4.78 is 15.8. The number of hydrogen-bond donors (Lipinski definition) is 2. The van der Waals surface area contributed by atoms with Crippen molar-refractivity contribution in [3.63, 3.8) is 0 Å². The summed E-state index contributed by atoms with van der Waals surface area (Å²) >= 11 is 0. The van der Waals surface area contributed by atoms with E-state index >= 15 is 0 Å². The van der Waals surface area contributed by atoms with Crippen LogP contribution in [0.15, 0.2) is 0 Å². The Morgan fingerprint density at radius 2 is 1.71 bits per heavy atom. The second-order valence-electron chi connectivity index (χ2n) is 3.51. The highest BCUT2D eigenvalue weighted by Crippen LogP contribution is 2.15. The summed E-state index contributed by atoms with van der Waals surface area (Å²) in [6, 6.07) is 0.167. The Kier molecular flexibility index (Phi) is 8.09. The molecule has 17 heavy (non-hydrogen) atoms. The largest absolute Gasteiger partial charge is 0.500 e. The van der Waals surface area contributed by atoms with Crippen molar-refractivity contribution in [3.8, 4) is 0 Å². The van der Waals surface area contributed by atoms with Crippen molar-refractivity contribution in [3.05, 3.63) is 0 Å². The van der Waals surface area contributed by atoms with E-state index in [2.05, 4.69) is 0 Å². The molecule has 0 atom stereocenters. The van der Waals surface area contributed by atoms with Crippen LogP contribution in [0, 0.1) is 0 Å². The lowest BCUT2D eigenvalue weighted by molar-refractivity contribution is 0.121. The van der Waals surface area contributed by atoms with Crippen molar-refractivity contribution >= 4 is 14.8 Å². The third-order valence-electron chi connectivity index (χ3n) is 2.55. The minimum Gasteiger partial charge on any atom is -0.377 e. The van der Waals surface area contributed by atoms with Gasteiger partial charge in [-0.1, -0.05) is 0 Å². The first-order valence-electron chi connectivity index (χ1n) is 5.45. The molecular formula is C9H23N3O4Si. The van der Waals surface area contributed by atoms with E-state index in [1.165, 1.54) is 4.90 Å². The van der Waals surface area contributed by atoms with E-state index in [9.17, 15) is 4.79 Å². The number of urea groups is 1. The fourth-order valence-corrected chi connectivity index (χ4v) is 3.23. The minimum absolute atomic E-state index is 0.393. The van der Waals surface area contributed by atoms with Gasteiger partial charge in [0.2, 0.25) is 0 Å². The first kappa shape index (κ1) is 16.3. The van der Waals surface area contributed by atoms with E-state index in [4.69, 9.17) is 24.7 Å². The molecule has 0 saturated heterocycles. The molecule has 0 aliphatic carbocycles. The van der Waals surface area contributed by atoms with E-state index in [1.807, 2.05) is 0 Å². The second-order valence-corrected chi connectivity index (χ2v) is 6.60. The molecular weight excluding hydrogens is 242 g/mol. The zero-order chi connectivity index (χ0) is 13.3. The average molecular weight is 265 g/mol. The number of amides is 2. The van der Waals surface area contributed by atoms with Crippen LogP contribution < -0.4 is 11.5 Å². The predicted octanol–water partition coefficient (Wildman–Crippen LogP) is -0.406. The van der Waals surface area contributed by atoms with E-state index in [1.54, 1.807) is 21.3 Å². The summed E-state index contributed by atoms with van der Waals surface area (Å²) in [6.45, 7) is 1.37. The number of hydrogen-bond acceptors (Lipinski definition) is 5. The molecule has 0 heterocycles. The number of primary amides is 1. The lowest BCUT2D eigenvalue weighted by Gasteiger charge is -2.26. The van der Waals surface area contributed by atoms with E-state index in [0.29, 0.717) is 32.1 Å². The maximum atomic E-state index is 11.1. The lowest BCUT2D eigenvalue weighted by atomic mass is 10.4. The molecule has 102 valence electrons. The SMILES string of the molecule is CO[Si](CCCN(CCN)C(N)=O)(OC)OC. The van der Waals surface area contributed by atoms with Crippen molar-refractivity contribution in [1.82, 2.24) is 4.90 Å². The fraction of sp³-hybridized carbons (Fsp3) is 0.889. The van der Waals surface area contributed by atoms with E-state index in [0.717, 1.165) is 0 Å². The quantitative estimate of drug-likeness (QED) is 0.552. The predicted molar refractivity (Wildman–Crippen MR) is 66.4 cm³/mol. The highest BCUT2D eigenvalue weighted by molar-refractivity contribution is 6.60. The van der Waals surface area contributed by atoms with Gasteiger partial charge in [-0.05, 0) is 6.42 Å². The highest BCUT2D eigenvalue weighted by Gasteiger charge is 2.37. The fourth-order valence-electron chi connectivity index (χ4n) is 1.53. The van der Waals surface area contributed by atoms with Crippen LogP contribution in [0.1, 0.15) is 6.42 Å². The maximum absolute atomic E-state index is 11.1. The van der Waals surface area contributed by atoms with Crippen LogP contribution in [0.3, 0.4) is 0 Å². The smallest absolute Gasteiger partial charge is 0.377 e. The van der Waals surface area contributed by atoms with Crippen LogP contribution in [-0.2, 0) is 13.3 Å². The summed E-state index contributed by atoms with van der Waals surface area (Å²) in [6.07, 6.45) is 0.699. The molecule has 0 saturated carbocycles. The number of nitrogens with two attached hydrogens (primary N) is 2. The Bertz CT molecular complexity index is 218. The third kappa shape index (κ3) is 5.46. The molecule has 0 aliphatic heterocycles. The minimum atomic E-state index is -2.55. The van der Waals surface area contributed by atoms with Gasteiger partial charge in [-0.2, -0.15) is 0 Å². The van der Waals surface area contributed by atoms with Gasteiger partial charge in [-0.25, -0.2) is 4.79 Å². The first-order valence-corrected chi connectivity index (χ1v) is 7.38. The first-order chi connectivity index (χ1) is 8.05. The number of rotatable bonds is 9. The molecule has 0 bridgehead atoms. The normalized spacial score (nSPS) is 11.5. The van der Waals surface area contributed by atoms with Crippen molar-refractivity contribution in [2.24, 2.45) is 11.5 Å². The molecule has 0 aliphatic rings. The van der Waals surface area contributed by atoms with Crippen LogP contribution >= 0.6 is 0 Å². The van der Waals surface area contributed by atoms with Crippen molar-refractivity contribution in [1.29, 1.82) is 0 Å². The summed E-state index contributed by atoms with van der Waals surface area (Å²) in [4.78, 5) is 12.6. The molecule has 7 nitrogen and oxygen atoms in total. The van der Waals surface area contributed by atoms with Gasteiger partial charge < -0.3 is 29.6 Å². The zero-order valence-corrected chi connectivity index (χ0v) is 11.8. The number of carbonyl (C=O) groups excluding carboxylic acids is 1. The van der Waals surface area contributed by atoms with Gasteiger partial charge >= 0.3 is 14.8 Å². The monoisotopic (exact) mass is 265 g/mol. The summed E-state index contributed by atoms with van der Waals surface area (Å²) in [5.41, 5.74) is 10.6. The molecule has 0 unspecified atom stereocenters. The number of nitrogens with zero attached hydrogens (tertiary/aromatic N) is 1. The standard InChI is InChI=1S/C9H23N3O4Si/c1-14-17(15-2,16-3)8-4-6-12(7-5-10)9(11)13/h4-8,10H2,1-3H3,(H2,11,13). The molecule has 0 aromatic heterocycles. The summed E-state index contributed by atoms with van der Waals surface area (Å²) in [7, 11) is 2.13. The van der Waals surface area contributed by atoms with Gasteiger partial charge in [0, 0.05) is 47.0 Å². The Labute approximate surface area is 103 Å². The molecule has 0 radical (unpaired) electrons. The van der Waals surface area contributed by atoms with Crippen molar-refractivity contribution < 1.29 is 18.1 Å². The zero-order valence-electron chi connectivity index (χ0n) is 10.8. The topological polar surface area (TPSA) is 100 Å². The van der Waals surface area contributed by atoms with Crippen LogP contribution in [-0.4, -0.2) is 60.7 Å². The highest BCUT2D eigenvalue weighted by atomic mass is 28.4. The Hall–Kier alpha value is -0.673. The molecule has 0 spiro atoms. The Morgan fingerprint density at radius 1 is 1.18 bits per heavy atom. The molecule has 0 aromatic rings. The van der Waals surface area contributed by atoms with Crippen molar-refractivity contribution in [2.45, 2.75) is 12.5 Å². The number of carbonyl (C=O) groups is 1. The van der Waals surface area contributed by atoms with Gasteiger partial charge in [0.05, 0.1) is 0 Å². The van der Waals surface area contributed by atoms with Gasteiger partial charge in [-0.15, -0.1) is 0 Å². The summed E-state index contributed by atoms with van der Waals surface area (Å²) in [5, 5.41) is 0. The Balaban J connectivity index is 4.13. The van der Waals surface area contributed by atoms with Gasteiger partial charge in [0.25, 0.3) is 0 Å². The average Bonchev–Trinajstić information content (AvgIpc) is 2.34. The molecule has 4 N–H and O–H groups in total.